The van der Waals surface area contributed by atoms with Crippen LogP contribution in [0.2, 0.25) is 0 Å². The highest BCUT2D eigenvalue weighted by Gasteiger charge is 2.19. The molecule has 4 heteroatoms. The molecule has 0 saturated heterocycles. The van der Waals surface area contributed by atoms with Gasteiger partial charge in [-0.2, -0.15) is 0 Å². The summed E-state index contributed by atoms with van der Waals surface area (Å²) in [4.78, 5) is 11.8. The number of amides is 1. The lowest BCUT2D eigenvalue weighted by molar-refractivity contribution is 0.193. The number of hydrogen-bond donors (Lipinski definition) is 2. The first kappa shape index (κ1) is 13.6. The molecule has 1 aromatic rings. The van der Waals surface area contributed by atoms with Crippen LogP contribution in [-0.4, -0.2) is 18.2 Å². The predicted molar refractivity (Wildman–Crippen MR) is 75.0 cm³/mol. The van der Waals surface area contributed by atoms with Gasteiger partial charge in [-0.15, -0.1) is 0 Å². The summed E-state index contributed by atoms with van der Waals surface area (Å²) in [6.07, 6.45) is 7.75. The Kier molecular flexibility index (Phi) is 4.98. The average molecular weight is 260 g/mol. The van der Waals surface area contributed by atoms with Crippen molar-refractivity contribution >= 4 is 6.09 Å². The normalized spacial score (nSPS) is 24.9. The fourth-order valence-electron chi connectivity index (χ4n) is 2.15. The fourth-order valence-corrected chi connectivity index (χ4v) is 2.15. The van der Waals surface area contributed by atoms with E-state index >= 15 is 0 Å². The molecule has 1 amide bonds. The van der Waals surface area contributed by atoms with E-state index in [-0.39, 0.29) is 12.1 Å². The van der Waals surface area contributed by atoms with Gasteiger partial charge < -0.3 is 15.8 Å². The maximum atomic E-state index is 11.8. The minimum absolute atomic E-state index is 0.0623. The second-order valence-corrected chi connectivity index (χ2v) is 4.74. The molecule has 0 spiro atoms. The smallest absolute Gasteiger partial charge is 0.410 e. The maximum Gasteiger partial charge on any atom is 0.412 e. The molecule has 0 radical (unpaired) electrons. The summed E-state index contributed by atoms with van der Waals surface area (Å²) in [5, 5.41) is 2.85. The SMILES string of the molecule is N[C@@H]1/C=C/CCCC[C@H]1NC(=O)Oc1ccccc1. The molecular weight excluding hydrogens is 240 g/mol. The lowest BCUT2D eigenvalue weighted by atomic mass is 9.98. The summed E-state index contributed by atoms with van der Waals surface area (Å²) in [5.74, 6) is 0.537. The van der Waals surface area contributed by atoms with Gasteiger partial charge in [0.05, 0.1) is 6.04 Å². The molecule has 0 fully saturated rings. The molecule has 0 heterocycles. The third kappa shape index (κ3) is 4.41. The van der Waals surface area contributed by atoms with E-state index in [1.807, 2.05) is 24.3 Å². The molecule has 102 valence electrons. The highest BCUT2D eigenvalue weighted by atomic mass is 16.6. The van der Waals surface area contributed by atoms with Gasteiger partial charge in [-0.1, -0.05) is 36.8 Å². The average Bonchev–Trinajstić information content (AvgIpc) is 2.40. The summed E-state index contributed by atoms with van der Waals surface area (Å²) < 4.78 is 5.21. The van der Waals surface area contributed by atoms with Gasteiger partial charge in [0.25, 0.3) is 0 Å². The molecule has 2 atom stereocenters. The third-order valence-electron chi connectivity index (χ3n) is 3.22. The molecule has 0 aliphatic heterocycles. The second-order valence-electron chi connectivity index (χ2n) is 4.74. The highest BCUT2D eigenvalue weighted by molar-refractivity contribution is 5.70. The third-order valence-corrected chi connectivity index (χ3v) is 3.22. The van der Waals surface area contributed by atoms with Crippen LogP contribution in [0.1, 0.15) is 25.7 Å². The summed E-state index contributed by atoms with van der Waals surface area (Å²) in [7, 11) is 0. The standard InChI is InChI=1S/C15H20N2O2/c16-13-10-6-1-2-7-11-14(13)17-15(18)19-12-8-4-3-5-9-12/h3-6,8-10,13-14H,1-2,7,11,16H2,(H,17,18)/b10-6+/t13-,14-/m1/s1. The minimum Gasteiger partial charge on any atom is -0.410 e. The van der Waals surface area contributed by atoms with E-state index in [0.29, 0.717) is 5.75 Å². The van der Waals surface area contributed by atoms with Gasteiger partial charge >= 0.3 is 6.09 Å². The number of carbonyl (C=O) groups is 1. The first-order valence-electron chi connectivity index (χ1n) is 6.71. The van der Waals surface area contributed by atoms with E-state index in [9.17, 15) is 4.79 Å². The van der Waals surface area contributed by atoms with Gasteiger partial charge in [0.1, 0.15) is 5.75 Å². The molecule has 1 aromatic carbocycles. The quantitative estimate of drug-likeness (QED) is 0.803. The Morgan fingerprint density at radius 1 is 1.26 bits per heavy atom. The number of hydrogen-bond acceptors (Lipinski definition) is 3. The zero-order valence-corrected chi connectivity index (χ0v) is 10.9. The Labute approximate surface area is 113 Å². The van der Waals surface area contributed by atoms with Crippen molar-refractivity contribution in [2.24, 2.45) is 5.73 Å². The minimum atomic E-state index is -0.444. The van der Waals surface area contributed by atoms with E-state index in [1.165, 1.54) is 0 Å². The van der Waals surface area contributed by atoms with Crippen molar-refractivity contribution in [2.75, 3.05) is 0 Å². The molecule has 0 aromatic heterocycles. The number of carbonyl (C=O) groups excluding carboxylic acids is 1. The molecule has 4 nitrogen and oxygen atoms in total. The Balaban J connectivity index is 1.90. The summed E-state index contributed by atoms with van der Waals surface area (Å²) in [6, 6.07) is 8.81. The molecule has 0 bridgehead atoms. The van der Waals surface area contributed by atoms with Crippen molar-refractivity contribution in [3.63, 3.8) is 0 Å². The van der Waals surface area contributed by atoms with Gasteiger partial charge in [0.15, 0.2) is 0 Å². The van der Waals surface area contributed by atoms with E-state index in [1.54, 1.807) is 12.1 Å². The zero-order chi connectivity index (χ0) is 13.5. The number of nitrogens with one attached hydrogen (secondary N) is 1. The molecule has 1 aliphatic carbocycles. The number of ether oxygens (including phenoxy) is 1. The lowest BCUT2D eigenvalue weighted by Gasteiger charge is -2.23. The largest absolute Gasteiger partial charge is 0.412 e. The molecule has 0 saturated carbocycles. The molecule has 1 aliphatic rings. The fraction of sp³-hybridized carbons (Fsp3) is 0.400. The van der Waals surface area contributed by atoms with Gasteiger partial charge in [-0.05, 0) is 31.4 Å². The van der Waals surface area contributed by atoms with Crippen LogP contribution in [0.3, 0.4) is 0 Å². The number of benzene rings is 1. The highest BCUT2D eigenvalue weighted by Crippen LogP contribution is 2.13. The van der Waals surface area contributed by atoms with E-state index in [4.69, 9.17) is 10.5 Å². The number of nitrogens with two attached hydrogens (primary N) is 1. The number of para-hydroxylation sites is 1. The van der Waals surface area contributed by atoms with Crippen molar-refractivity contribution in [1.82, 2.24) is 5.32 Å². The Morgan fingerprint density at radius 3 is 2.84 bits per heavy atom. The summed E-state index contributed by atoms with van der Waals surface area (Å²) >= 11 is 0. The Bertz CT molecular complexity index is 431. The monoisotopic (exact) mass is 260 g/mol. The van der Waals surface area contributed by atoms with Gasteiger partial charge in [-0.25, -0.2) is 4.79 Å². The van der Waals surface area contributed by atoms with Gasteiger partial charge in [0, 0.05) is 6.04 Å². The molecule has 3 N–H and O–H groups in total. The van der Waals surface area contributed by atoms with Crippen molar-refractivity contribution in [2.45, 2.75) is 37.8 Å². The van der Waals surface area contributed by atoms with Crippen LogP contribution in [-0.2, 0) is 0 Å². The van der Waals surface area contributed by atoms with Gasteiger partial charge in [-0.3, -0.25) is 0 Å². The lowest BCUT2D eigenvalue weighted by Crippen LogP contribution is -2.47. The van der Waals surface area contributed by atoms with Gasteiger partial charge in [0.2, 0.25) is 0 Å². The van der Waals surface area contributed by atoms with E-state index < -0.39 is 6.09 Å². The summed E-state index contributed by atoms with van der Waals surface area (Å²) in [6.45, 7) is 0. The molecular formula is C15H20N2O2. The Morgan fingerprint density at radius 2 is 2.05 bits per heavy atom. The van der Waals surface area contributed by atoms with Crippen LogP contribution in [0.15, 0.2) is 42.5 Å². The molecule has 19 heavy (non-hydrogen) atoms. The van der Waals surface area contributed by atoms with Crippen LogP contribution in [0.25, 0.3) is 0 Å². The van der Waals surface area contributed by atoms with Crippen molar-refractivity contribution in [1.29, 1.82) is 0 Å². The van der Waals surface area contributed by atoms with Crippen molar-refractivity contribution in [3.8, 4) is 5.75 Å². The second kappa shape index (κ2) is 6.95. The van der Waals surface area contributed by atoms with Crippen LogP contribution < -0.4 is 15.8 Å². The van der Waals surface area contributed by atoms with Crippen LogP contribution >= 0.6 is 0 Å². The first-order valence-corrected chi connectivity index (χ1v) is 6.71. The zero-order valence-electron chi connectivity index (χ0n) is 10.9. The Hall–Kier alpha value is -1.81. The number of allylic oxidation sites excluding steroid dienone is 1. The van der Waals surface area contributed by atoms with Crippen molar-refractivity contribution < 1.29 is 9.53 Å². The van der Waals surface area contributed by atoms with Crippen LogP contribution in [0.5, 0.6) is 5.75 Å². The van der Waals surface area contributed by atoms with Crippen LogP contribution in [0, 0.1) is 0 Å². The number of rotatable bonds is 2. The van der Waals surface area contributed by atoms with E-state index in [2.05, 4.69) is 11.4 Å². The molecule has 2 rings (SSSR count). The maximum absolute atomic E-state index is 11.8. The van der Waals surface area contributed by atoms with Crippen LogP contribution in [0.4, 0.5) is 4.79 Å². The van der Waals surface area contributed by atoms with E-state index in [0.717, 1.165) is 25.7 Å². The topological polar surface area (TPSA) is 64.3 Å². The first-order chi connectivity index (χ1) is 9.25. The molecule has 0 unspecified atom stereocenters. The summed E-state index contributed by atoms with van der Waals surface area (Å²) in [5.41, 5.74) is 6.03. The van der Waals surface area contributed by atoms with Crippen molar-refractivity contribution in [3.05, 3.63) is 42.5 Å². The predicted octanol–water partition coefficient (Wildman–Crippen LogP) is 2.60.